The summed E-state index contributed by atoms with van der Waals surface area (Å²) < 4.78 is 5.88. The Morgan fingerprint density at radius 2 is 1.92 bits per heavy atom. The molecular weight excluding hydrogens is 340 g/mol. The molecule has 146 valence electrons. The van der Waals surface area contributed by atoms with Gasteiger partial charge in [0.05, 0.1) is 5.56 Å². The summed E-state index contributed by atoms with van der Waals surface area (Å²) in [5, 5.41) is 0. The maximum atomic E-state index is 13.2. The third-order valence-corrected chi connectivity index (χ3v) is 7.60. The van der Waals surface area contributed by atoms with Crippen LogP contribution in [0.25, 0.3) is 0 Å². The van der Waals surface area contributed by atoms with Crippen molar-refractivity contribution in [3.05, 3.63) is 20.9 Å². The maximum absolute atomic E-state index is 13.2. The molecule has 0 aromatic carbocycles. The topological polar surface area (TPSA) is 26.3 Å². The third kappa shape index (κ3) is 4.18. The number of ether oxygens (including phenoxy) is 1. The van der Waals surface area contributed by atoms with Gasteiger partial charge in [-0.15, -0.1) is 11.3 Å². The van der Waals surface area contributed by atoms with Gasteiger partial charge >= 0.3 is 5.97 Å². The van der Waals surface area contributed by atoms with Crippen molar-refractivity contribution in [1.29, 1.82) is 0 Å². The summed E-state index contributed by atoms with van der Waals surface area (Å²) in [6.07, 6.45) is 9.74. The summed E-state index contributed by atoms with van der Waals surface area (Å²) in [5.41, 5.74) is 2.11. The van der Waals surface area contributed by atoms with Gasteiger partial charge in [0, 0.05) is 9.75 Å². The van der Waals surface area contributed by atoms with Crippen LogP contribution in [0.15, 0.2) is 0 Å². The van der Waals surface area contributed by atoms with E-state index in [1.165, 1.54) is 53.8 Å². The SMILES string of the molecule is CCC1CCCCC1c1sc2c(c1C(=O)OC(C)(C)C)CC(C)(C)CC2. The molecule has 1 aromatic heterocycles. The van der Waals surface area contributed by atoms with Crippen molar-refractivity contribution in [3.63, 3.8) is 0 Å². The molecule has 2 aliphatic rings. The lowest BCUT2D eigenvalue weighted by atomic mass is 9.73. The third-order valence-electron chi connectivity index (χ3n) is 6.18. The molecule has 0 amide bonds. The highest BCUT2D eigenvalue weighted by atomic mass is 32.1. The number of thiophene rings is 1. The molecule has 1 aromatic rings. The highest BCUT2D eigenvalue weighted by Crippen LogP contribution is 2.49. The average molecular weight is 377 g/mol. The molecule has 2 nitrogen and oxygen atoms in total. The van der Waals surface area contributed by atoms with Gasteiger partial charge in [-0.3, -0.25) is 0 Å². The Morgan fingerprint density at radius 1 is 1.23 bits per heavy atom. The number of aryl methyl sites for hydroxylation is 1. The van der Waals surface area contributed by atoms with Crippen LogP contribution in [0.4, 0.5) is 0 Å². The smallest absolute Gasteiger partial charge is 0.340 e. The second kappa shape index (κ2) is 7.30. The van der Waals surface area contributed by atoms with E-state index in [2.05, 4.69) is 20.8 Å². The van der Waals surface area contributed by atoms with Crippen molar-refractivity contribution >= 4 is 17.3 Å². The minimum absolute atomic E-state index is 0.0804. The second-order valence-electron chi connectivity index (χ2n) is 10.1. The van der Waals surface area contributed by atoms with E-state index in [1.807, 2.05) is 32.1 Å². The average Bonchev–Trinajstić information content (AvgIpc) is 2.90. The van der Waals surface area contributed by atoms with Gasteiger partial charge in [0.1, 0.15) is 5.60 Å². The van der Waals surface area contributed by atoms with Gasteiger partial charge in [0.25, 0.3) is 0 Å². The molecule has 2 atom stereocenters. The van der Waals surface area contributed by atoms with Crippen LogP contribution in [0.1, 0.15) is 112 Å². The van der Waals surface area contributed by atoms with Gasteiger partial charge in [-0.25, -0.2) is 4.79 Å². The lowest BCUT2D eigenvalue weighted by Crippen LogP contribution is -2.28. The van der Waals surface area contributed by atoms with Crippen molar-refractivity contribution in [1.82, 2.24) is 0 Å². The molecule has 1 fully saturated rings. The first-order chi connectivity index (χ1) is 12.1. The Labute approximate surface area is 163 Å². The molecule has 26 heavy (non-hydrogen) atoms. The molecule has 1 heterocycles. The lowest BCUT2D eigenvalue weighted by molar-refractivity contribution is 0.00659. The van der Waals surface area contributed by atoms with Gasteiger partial charge in [0.2, 0.25) is 0 Å². The normalized spacial score (nSPS) is 25.6. The Bertz CT molecular complexity index is 662. The van der Waals surface area contributed by atoms with Crippen LogP contribution in [0, 0.1) is 11.3 Å². The lowest BCUT2D eigenvalue weighted by Gasteiger charge is -2.32. The van der Waals surface area contributed by atoms with E-state index in [1.54, 1.807) is 0 Å². The summed E-state index contributed by atoms with van der Waals surface area (Å²) in [7, 11) is 0. The Balaban J connectivity index is 2.06. The molecule has 0 spiro atoms. The molecule has 2 unspecified atom stereocenters. The van der Waals surface area contributed by atoms with Crippen LogP contribution in [-0.2, 0) is 17.6 Å². The van der Waals surface area contributed by atoms with Crippen LogP contribution in [0.5, 0.6) is 0 Å². The zero-order chi connectivity index (χ0) is 19.1. The van der Waals surface area contributed by atoms with Crippen LogP contribution in [0.3, 0.4) is 0 Å². The minimum Gasteiger partial charge on any atom is -0.456 e. The second-order valence-corrected chi connectivity index (χ2v) is 11.3. The standard InChI is InChI=1S/C23H36O2S/c1-7-15-10-8-9-11-16(15)20-19(21(24)25-22(2,3)4)17-14-23(5,6)13-12-18(17)26-20/h15-16H,7-14H2,1-6H3. The number of hydrogen-bond acceptors (Lipinski definition) is 3. The first-order valence-electron chi connectivity index (χ1n) is 10.5. The van der Waals surface area contributed by atoms with Crippen molar-refractivity contribution < 1.29 is 9.53 Å². The van der Waals surface area contributed by atoms with Gasteiger partial charge in [-0.2, -0.15) is 0 Å². The van der Waals surface area contributed by atoms with Crippen molar-refractivity contribution in [3.8, 4) is 0 Å². The van der Waals surface area contributed by atoms with E-state index >= 15 is 0 Å². The van der Waals surface area contributed by atoms with Crippen molar-refractivity contribution in [2.24, 2.45) is 11.3 Å². The van der Waals surface area contributed by atoms with E-state index in [-0.39, 0.29) is 11.4 Å². The van der Waals surface area contributed by atoms with Gasteiger partial charge in [0.15, 0.2) is 0 Å². The Kier molecular flexibility index (Phi) is 5.59. The van der Waals surface area contributed by atoms with Crippen LogP contribution in [-0.4, -0.2) is 11.6 Å². The van der Waals surface area contributed by atoms with Gasteiger partial charge < -0.3 is 4.74 Å². The monoisotopic (exact) mass is 376 g/mol. The first-order valence-corrected chi connectivity index (χ1v) is 11.3. The minimum atomic E-state index is -0.440. The summed E-state index contributed by atoms with van der Waals surface area (Å²) in [4.78, 5) is 16.1. The quantitative estimate of drug-likeness (QED) is 0.536. The van der Waals surface area contributed by atoms with Crippen LogP contribution in [0.2, 0.25) is 0 Å². The molecular formula is C23H36O2S. The van der Waals surface area contributed by atoms with E-state index in [0.29, 0.717) is 5.92 Å². The Morgan fingerprint density at radius 3 is 2.58 bits per heavy atom. The van der Waals surface area contributed by atoms with E-state index in [9.17, 15) is 4.79 Å². The van der Waals surface area contributed by atoms with Crippen molar-refractivity contribution in [2.75, 3.05) is 0 Å². The summed E-state index contributed by atoms with van der Waals surface area (Å²) in [6.45, 7) is 12.9. The number of carbonyl (C=O) groups is 1. The molecule has 0 saturated heterocycles. The molecule has 0 aliphatic heterocycles. The van der Waals surface area contributed by atoms with E-state index in [4.69, 9.17) is 4.74 Å². The number of fused-ring (bicyclic) bond motifs is 1. The number of rotatable bonds is 3. The summed E-state index contributed by atoms with van der Waals surface area (Å²) in [6, 6.07) is 0. The number of carbonyl (C=O) groups excluding carboxylic acids is 1. The zero-order valence-corrected chi connectivity index (χ0v) is 18.4. The molecule has 3 heteroatoms. The van der Waals surface area contributed by atoms with Crippen molar-refractivity contribution in [2.45, 2.75) is 104 Å². The van der Waals surface area contributed by atoms with Gasteiger partial charge in [-0.1, -0.05) is 40.0 Å². The Hall–Kier alpha value is -0.830. The fourth-order valence-corrected chi connectivity index (χ4v) is 6.33. The largest absolute Gasteiger partial charge is 0.456 e. The molecule has 3 rings (SSSR count). The fourth-order valence-electron chi connectivity index (χ4n) is 4.80. The predicted octanol–water partition coefficient (Wildman–Crippen LogP) is 6.90. The number of hydrogen-bond donors (Lipinski definition) is 0. The van der Waals surface area contributed by atoms with Gasteiger partial charge in [-0.05, 0) is 75.7 Å². The summed E-state index contributed by atoms with van der Waals surface area (Å²) in [5.74, 6) is 1.19. The first kappa shape index (κ1) is 19.9. The predicted molar refractivity (Wildman–Crippen MR) is 110 cm³/mol. The van der Waals surface area contributed by atoms with E-state index in [0.717, 1.165) is 24.3 Å². The molecule has 0 N–H and O–H groups in total. The zero-order valence-electron chi connectivity index (χ0n) is 17.5. The number of esters is 1. The molecule has 0 bridgehead atoms. The van der Waals surface area contributed by atoms with E-state index < -0.39 is 5.60 Å². The fraction of sp³-hybridized carbons (Fsp3) is 0.783. The highest BCUT2D eigenvalue weighted by molar-refractivity contribution is 7.12. The molecule has 1 saturated carbocycles. The van der Waals surface area contributed by atoms with Crippen LogP contribution >= 0.6 is 11.3 Å². The summed E-state index contributed by atoms with van der Waals surface area (Å²) >= 11 is 1.94. The molecule has 0 radical (unpaired) electrons. The highest BCUT2D eigenvalue weighted by Gasteiger charge is 2.38. The maximum Gasteiger partial charge on any atom is 0.340 e. The van der Waals surface area contributed by atoms with Crippen LogP contribution < -0.4 is 0 Å². The molecule has 2 aliphatic carbocycles.